The number of nitrogens with zero attached hydrogens (tertiary/aromatic N) is 6. The van der Waals surface area contributed by atoms with Gasteiger partial charge in [-0.3, -0.25) is 0 Å². The molecule has 0 aliphatic carbocycles. The van der Waals surface area contributed by atoms with Crippen LogP contribution in [0.2, 0.25) is 0 Å². The zero-order valence-corrected chi connectivity index (χ0v) is 9.63. The van der Waals surface area contributed by atoms with Crippen molar-refractivity contribution >= 4 is 29.5 Å². The van der Waals surface area contributed by atoms with Gasteiger partial charge >= 0.3 is 0 Å². The molecule has 1 aromatic heterocycles. The van der Waals surface area contributed by atoms with Gasteiger partial charge in [-0.15, -0.1) is 0 Å². The Kier molecular flexibility index (Phi) is 4.16. The highest BCUT2D eigenvalue weighted by molar-refractivity contribution is 8.04. The number of aromatic nitrogens is 3. The molecule has 0 amide bonds. The molecular formula is C7H6N6S2. The maximum Gasteiger partial charge on any atom is 0.229 e. The van der Waals surface area contributed by atoms with Gasteiger partial charge in [-0.1, -0.05) is 0 Å². The van der Waals surface area contributed by atoms with Crippen LogP contribution in [0.5, 0.6) is 0 Å². The van der Waals surface area contributed by atoms with E-state index in [4.69, 9.17) is 10.5 Å². The van der Waals surface area contributed by atoms with Gasteiger partial charge in [0.25, 0.3) is 0 Å². The van der Waals surface area contributed by atoms with Crippen LogP contribution in [0.4, 0.5) is 5.95 Å². The lowest BCUT2D eigenvalue weighted by molar-refractivity contribution is 0.785. The fraction of sp³-hybridized carbons (Fsp3) is 0.286. The molecule has 1 heterocycles. The second-order valence-electron chi connectivity index (χ2n) is 2.48. The van der Waals surface area contributed by atoms with Crippen molar-refractivity contribution < 1.29 is 0 Å². The molecule has 1 rings (SSSR count). The highest BCUT2D eigenvalue weighted by atomic mass is 32.2. The summed E-state index contributed by atoms with van der Waals surface area (Å²) in [5, 5.41) is 21.3. The first-order valence-electron chi connectivity index (χ1n) is 3.72. The molecule has 0 bridgehead atoms. The maximum absolute atomic E-state index is 8.50. The lowest BCUT2D eigenvalue weighted by atomic mass is 10.8. The number of nitriles is 2. The molecule has 0 fully saturated rings. The highest BCUT2D eigenvalue weighted by Gasteiger charge is 2.08. The van der Waals surface area contributed by atoms with Gasteiger partial charge in [-0.2, -0.15) is 25.5 Å². The predicted octanol–water partition coefficient (Wildman–Crippen LogP) is 1.08. The van der Waals surface area contributed by atoms with E-state index in [2.05, 4.69) is 15.0 Å². The molecule has 1 aromatic rings. The van der Waals surface area contributed by atoms with Gasteiger partial charge in [-0.05, 0) is 0 Å². The smallest absolute Gasteiger partial charge is 0.229 e. The fourth-order valence-corrected chi connectivity index (χ4v) is 1.44. The van der Waals surface area contributed by atoms with Crippen LogP contribution in [-0.2, 0) is 0 Å². The fourth-order valence-electron chi connectivity index (χ4n) is 0.701. The Balaban J connectivity index is 3.10. The second-order valence-corrected chi connectivity index (χ2v) is 3.99. The third-order valence-electron chi connectivity index (χ3n) is 1.26. The normalized spacial score (nSPS) is 9.07. The van der Waals surface area contributed by atoms with Gasteiger partial charge in [-0.25, -0.2) is 0 Å². The molecule has 15 heavy (non-hydrogen) atoms. The van der Waals surface area contributed by atoms with Crippen LogP contribution in [0, 0.1) is 21.3 Å². The Morgan fingerprint density at radius 2 is 1.47 bits per heavy atom. The minimum atomic E-state index is 0.300. The summed E-state index contributed by atoms with van der Waals surface area (Å²) in [5.74, 6) is 0.431. The number of hydrogen-bond acceptors (Lipinski definition) is 8. The van der Waals surface area contributed by atoms with Crippen LogP contribution in [0.25, 0.3) is 0 Å². The lowest BCUT2D eigenvalue weighted by Crippen LogP contribution is -2.14. The summed E-state index contributed by atoms with van der Waals surface area (Å²) >= 11 is 1.68. The van der Waals surface area contributed by atoms with Gasteiger partial charge in [0.05, 0.1) is 0 Å². The monoisotopic (exact) mass is 238 g/mol. The van der Waals surface area contributed by atoms with Crippen molar-refractivity contribution in [1.82, 2.24) is 15.0 Å². The number of rotatable bonds is 3. The molecule has 0 aromatic carbocycles. The molecule has 0 spiro atoms. The molecule has 0 saturated carbocycles. The first-order chi connectivity index (χ1) is 7.17. The van der Waals surface area contributed by atoms with E-state index >= 15 is 0 Å². The van der Waals surface area contributed by atoms with E-state index in [9.17, 15) is 0 Å². The summed E-state index contributed by atoms with van der Waals surface area (Å²) in [6.07, 6.45) is 0. The van der Waals surface area contributed by atoms with Gasteiger partial charge in [0.2, 0.25) is 16.3 Å². The van der Waals surface area contributed by atoms with Crippen molar-refractivity contribution in [3.05, 3.63) is 0 Å². The van der Waals surface area contributed by atoms with Crippen LogP contribution in [0.1, 0.15) is 0 Å². The molecule has 0 unspecified atom stereocenters. The number of hydrogen-bond donors (Lipinski definition) is 0. The minimum Gasteiger partial charge on any atom is -0.347 e. The van der Waals surface area contributed by atoms with Crippen LogP contribution in [0.3, 0.4) is 0 Å². The standard InChI is InChI=1S/C7H6N6S2/c1-13(2)5-10-6(14-3-8)12-7(11-5)15-4-9/h1-2H3. The summed E-state index contributed by atoms with van der Waals surface area (Å²) in [7, 11) is 3.55. The molecule has 0 radical (unpaired) electrons. The molecule has 0 saturated heterocycles. The molecule has 8 heteroatoms. The van der Waals surface area contributed by atoms with E-state index in [1.54, 1.807) is 19.0 Å². The lowest BCUT2D eigenvalue weighted by Gasteiger charge is -2.10. The van der Waals surface area contributed by atoms with E-state index < -0.39 is 0 Å². The number of thiocyanates is 2. The highest BCUT2D eigenvalue weighted by Crippen LogP contribution is 2.19. The van der Waals surface area contributed by atoms with Gasteiger partial charge in [0.1, 0.15) is 10.8 Å². The zero-order chi connectivity index (χ0) is 11.3. The Morgan fingerprint density at radius 1 is 1.00 bits per heavy atom. The summed E-state index contributed by atoms with van der Waals surface area (Å²) < 4.78 is 0. The predicted molar refractivity (Wildman–Crippen MR) is 57.1 cm³/mol. The van der Waals surface area contributed by atoms with Crippen molar-refractivity contribution in [2.24, 2.45) is 0 Å². The van der Waals surface area contributed by atoms with Crippen molar-refractivity contribution in [2.75, 3.05) is 19.0 Å². The van der Waals surface area contributed by atoms with E-state index in [1.165, 1.54) is 0 Å². The van der Waals surface area contributed by atoms with E-state index in [0.29, 0.717) is 16.3 Å². The average molecular weight is 238 g/mol. The first-order valence-corrected chi connectivity index (χ1v) is 5.36. The van der Waals surface area contributed by atoms with E-state index in [1.807, 2.05) is 10.8 Å². The Labute approximate surface area is 95.3 Å². The maximum atomic E-state index is 8.50. The third kappa shape index (κ3) is 3.27. The first kappa shape index (κ1) is 11.6. The summed E-state index contributed by atoms with van der Waals surface area (Å²) in [6, 6.07) is 0. The average Bonchev–Trinajstić information content (AvgIpc) is 2.18. The third-order valence-corrected chi connectivity index (χ3v) is 2.17. The summed E-state index contributed by atoms with van der Waals surface area (Å²) in [6.45, 7) is 0. The minimum absolute atomic E-state index is 0.300. The Morgan fingerprint density at radius 3 is 1.80 bits per heavy atom. The van der Waals surface area contributed by atoms with Crippen LogP contribution < -0.4 is 4.90 Å². The van der Waals surface area contributed by atoms with Crippen molar-refractivity contribution in [1.29, 1.82) is 10.5 Å². The van der Waals surface area contributed by atoms with E-state index in [0.717, 1.165) is 23.5 Å². The SMILES string of the molecule is CN(C)c1nc(SC#N)nc(SC#N)n1. The van der Waals surface area contributed by atoms with Crippen LogP contribution >= 0.6 is 23.5 Å². The topological polar surface area (TPSA) is 89.5 Å². The number of anilines is 1. The summed E-state index contributed by atoms with van der Waals surface area (Å²) in [4.78, 5) is 13.7. The quantitative estimate of drug-likeness (QED) is 0.571. The molecular weight excluding hydrogens is 232 g/mol. The van der Waals surface area contributed by atoms with Gasteiger partial charge in [0.15, 0.2) is 0 Å². The Bertz CT molecular complexity index is 398. The molecule has 0 N–H and O–H groups in total. The van der Waals surface area contributed by atoms with Gasteiger partial charge in [0, 0.05) is 37.6 Å². The second kappa shape index (κ2) is 5.39. The van der Waals surface area contributed by atoms with Crippen LogP contribution in [0.15, 0.2) is 10.3 Å². The van der Waals surface area contributed by atoms with Crippen molar-refractivity contribution in [3.63, 3.8) is 0 Å². The molecule has 0 aliphatic rings. The summed E-state index contributed by atoms with van der Waals surface area (Å²) in [5.41, 5.74) is 0. The van der Waals surface area contributed by atoms with Gasteiger partial charge < -0.3 is 4.90 Å². The largest absolute Gasteiger partial charge is 0.347 e. The number of thioether (sulfide) groups is 2. The molecule has 76 valence electrons. The molecule has 0 atom stereocenters. The molecule has 0 aliphatic heterocycles. The zero-order valence-electron chi connectivity index (χ0n) is 8.00. The van der Waals surface area contributed by atoms with Crippen molar-refractivity contribution in [2.45, 2.75) is 10.3 Å². The van der Waals surface area contributed by atoms with E-state index in [-0.39, 0.29) is 0 Å². The van der Waals surface area contributed by atoms with Crippen molar-refractivity contribution in [3.8, 4) is 10.8 Å². The van der Waals surface area contributed by atoms with Crippen LogP contribution in [-0.4, -0.2) is 29.0 Å². The molecule has 6 nitrogen and oxygen atoms in total. The Hall–Kier alpha value is -1.51.